The van der Waals surface area contributed by atoms with Crippen molar-refractivity contribution in [3.8, 4) is 0 Å². The van der Waals surface area contributed by atoms with E-state index in [1.165, 1.54) is 29.8 Å². The number of carbonyl (C=O) groups is 2. The van der Waals surface area contributed by atoms with E-state index in [2.05, 4.69) is 40.4 Å². The molecule has 0 bridgehead atoms. The highest BCUT2D eigenvalue weighted by Crippen LogP contribution is 2.13. The lowest BCUT2D eigenvalue weighted by Gasteiger charge is -2.12. The molecule has 7 heteroatoms. The van der Waals surface area contributed by atoms with E-state index in [9.17, 15) is 9.59 Å². The SMILES string of the molecule is CC(=O)c1cccc(NC(=S)NNC(=O)CSCc2ccc(C)cc2)c1. The largest absolute Gasteiger partial charge is 0.331 e. The maximum absolute atomic E-state index is 11.9. The van der Waals surface area contributed by atoms with Gasteiger partial charge in [0, 0.05) is 17.0 Å². The fourth-order valence-electron chi connectivity index (χ4n) is 2.09. The Kier molecular flexibility index (Phi) is 7.62. The van der Waals surface area contributed by atoms with E-state index >= 15 is 0 Å². The number of aryl methyl sites for hydroxylation is 1. The molecule has 2 aromatic rings. The lowest BCUT2D eigenvalue weighted by molar-refractivity contribution is -0.119. The number of Topliss-reactive ketones (excluding diaryl/α,β-unsaturated/α-hetero) is 1. The van der Waals surface area contributed by atoms with Crippen LogP contribution in [0.25, 0.3) is 0 Å². The summed E-state index contributed by atoms with van der Waals surface area (Å²) in [7, 11) is 0. The Bertz CT molecular complexity index is 792. The first-order chi connectivity index (χ1) is 12.4. The predicted molar refractivity (Wildman–Crippen MR) is 111 cm³/mol. The zero-order chi connectivity index (χ0) is 18.9. The Hall–Kier alpha value is -2.38. The second-order valence-corrected chi connectivity index (χ2v) is 7.14. The third kappa shape index (κ3) is 6.85. The van der Waals surface area contributed by atoms with Crippen molar-refractivity contribution in [2.75, 3.05) is 11.1 Å². The van der Waals surface area contributed by atoms with Gasteiger partial charge < -0.3 is 5.32 Å². The molecule has 0 aromatic heterocycles. The van der Waals surface area contributed by atoms with E-state index in [1.54, 1.807) is 24.3 Å². The van der Waals surface area contributed by atoms with E-state index in [4.69, 9.17) is 12.2 Å². The molecule has 0 unspecified atom stereocenters. The van der Waals surface area contributed by atoms with E-state index in [-0.39, 0.29) is 16.8 Å². The molecule has 0 saturated heterocycles. The van der Waals surface area contributed by atoms with Gasteiger partial charge in [-0.15, -0.1) is 11.8 Å². The number of carbonyl (C=O) groups excluding carboxylic acids is 2. The Labute approximate surface area is 162 Å². The smallest absolute Gasteiger partial charge is 0.248 e. The van der Waals surface area contributed by atoms with E-state index in [1.807, 2.05) is 6.92 Å². The number of thioether (sulfide) groups is 1. The Morgan fingerprint density at radius 3 is 2.50 bits per heavy atom. The first-order valence-electron chi connectivity index (χ1n) is 8.04. The number of rotatable bonds is 6. The summed E-state index contributed by atoms with van der Waals surface area (Å²) in [5.74, 6) is 0.910. The van der Waals surface area contributed by atoms with Gasteiger partial charge in [0.2, 0.25) is 5.91 Å². The van der Waals surface area contributed by atoms with Crippen LogP contribution in [0.1, 0.15) is 28.4 Å². The van der Waals surface area contributed by atoms with Crippen LogP contribution in [0.5, 0.6) is 0 Å². The normalized spacial score (nSPS) is 10.1. The van der Waals surface area contributed by atoms with Crippen molar-refractivity contribution in [1.29, 1.82) is 0 Å². The number of hydrogen-bond acceptors (Lipinski definition) is 4. The second-order valence-electron chi connectivity index (χ2n) is 5.74. The minimum atomic E-state index is -0.163. The molecule has 0 spiro atoms. The molecule has 0 atom stereocenters. The van der Waals surface area contributed by atoms with Crippen LogP contribution in [0.15, 0.2) is 48.5 Å². The van der Waals surface area contributed by atoms with Gasteiger partial charge >= 0.3 is 0 Å². The fourth-order valence-corrected chi connectivity index (χ4v) is 3.04. The average molecular weight is 388 g/mol. The standard InChI is InChI=1S/C19H21N3O2S2/c1-13-6-8-15(9-7-13)11-26-12-18(24)21-22-19(25)20-17-5-3-4-16(10-17)14(2)23/h3-10H,11-12H2,1-2H3,(H,21,24)(H2,20,22,25). The number of amides is 1. The van der Waals surface area contributed by atoms with Gasteiger partial charge in [-0.1, -0.05) is 42.0 Å². The Morgan fingerprint density at radius 2 is 1.81 bits per heavy atom. The quantitative estimate of drug-likeness (QED) is 0.401. The molecule has 26 heavy (non-hydrogen) atoms. The first-order valence-corrected chi connectivity index (χ1v) is 9.60. The summed E-state index contributed by atoms with van der Waals surface area (Å²) in [5.41, 5.74) is 8.89. The number of hydrazine groups is 1. The first kappa shape index (κ1) is 19.9. The number of hydrogen-bond donors (Lipinski definition) is 3. The summed E-state index contributed by atoms with van der Waals surface area (Å²) in [5, 5.41) is 3.18. The molecule has 0 aliphatic carbocycles. The molecule has 5 nitrogen and oxygen atoms in total. The number of thiocarbonyl (C=S) groups is 1. The van der Waals surface area contributed by atoms with Crippen LogP contribution in [0, 0.1) is 6.92 Å². The number of ketones is 1. The maximum atomic E-state index is 11.9. The van der Waals surface area contributed by atoms with Gasteiger partial charge in [0.1, 0.15) is 0 Å². The number of nitrogens with one attached hydrogen (secondary N) is 3. The highest BCUT2D eigenvalue weighted by molar-refractivity contribution is 7.99. The second kappa shape index (κ2) is 9.94. The summed E-state index contributed by atoms with van der Waals surface area (Å²) in [6.45, 7) is 3.55. The van der Waals surface area contributed by atoms with Crippen molar-refractivity contribution < 1.29 is 9.59 Å². The minimum absolute atomic E-state index is 0.0218. The zero-order valence-electron chi connectivity index (χ0n) is 14.7. The van der Waals surface area contributed by atoms with Crippen LogP contribution in [-0.2, 0) is 10.5 Å². The van der Waals surface area contributed by atoms with Gasteiger partial charge in [0.15, 0.2) is 10.9 Å². The van der Waals surface area contributed by atoms with Gasteiger partial charge in [-0.05, 0) is 43.8 Å². The van der Waals surface area contributed by atoms with Crippen molar-refractivity contribution in [2.45, 2.75) is 19.6 Å². The lowest BCUT2D eigenvalue weighted by atomic mass is 10.1. The van der Waals surface area contributed by atoms with E-state index in [0.717, 1.165) is 5.75 Å². The Balaban J connectivity index is 1.69. The lowest BCUT2D eigenvalue weighted by Crippen LogP contribution is -2.44. The van der Waals surface area contributed by atoms with Gasteiger partial charge in [-0.2, -0.15) is 0 Å². The number of anilines is 1. The third-order valence-electron chi connectivity index (χ3n) is 3.46. The Morgan fingerprint density at radius 1 is 1.08 bits per heavy atom. The third-order valence-corrected chi connectivity index (χ3v) is 4.67. The van der Waals surface area contributed by atoms with Gasteiger partial charge in [0.05, 0.1) is 5.75 Å². The average Bonchev–Trinajstić information content (AvgIpc) is 2.62. The molecule has 0 aliphatic heterocycles. The van der Waals surface area contributed by atoms with Crippen molar-refractivity contribution >= 4 is 46.5 Å². The van der Waals surface area contributed by atoms with E-state index in [0.29, 0.717) is 17.0 Å². The molecule has 136 valence electrons. The van der Waals surface area contributed by atoms with Crippen LogP contribution in [0.4, 0.5) is 5.69 Å². The fraction of sp³-hybridized carbons (Fsp3) is 0.211. The summed E-state index contributed by atoms with van der Waals surface area (Å²) < 4.78 is 0. The van der Waals surface area contributed by atoms with Crippen LogP contribution in [-0.4, -0.2) is 22.6 Å². The molecule has 0 aliphatic rings. The predicted octanol–water partition coefficient (Wildman–Crippen LogP) is 3.45. The van der Waals surface area contributed by atoms with E-state index < -0.39 is 0 Å². The molecule has 2 aromatic carbocycles. The molecule has 3 N–H and O–H groups in total. The molecule has 1 amide bonds. The summed E-state index contributed by atoms with van der Waals surface area (Å²) in [6, 6.07) is 15.2. The van der Waals surface area contributed by atoms with Crippen LogP contribution in [0.2, 0.25) is 0 Å². The molecule has 0 fully saturated rings. The molecule has 0 saturated carbocycles. The van der Waals surface area contributed by atoms with Crippen LogP contribution < -0.4 is 16.2 Å². The molecule has 2 rings (SSSR count). The molecule has 0 radical (unpaired) electrons. The van der Waals surface area contributed by atoms with Crippen molar-refractivity contribution in [1.82, 2.24) is 10.9 Å². The highest BCUT2D eigenvalue weighted by Gasteiger charge is 2.05. The monoisotopic (exact) mass is 387 g/mol. The zero-order valence-corrected chi connectivity index (χ0v) is 16.3. The topological polar surface area (TPSA) is 70.2 Å². The molecule has 0 heterocycles. The number of benzene rings is 2. The van der Waals surface area contributed by atoms with Crippen molar-refractivity contribution in [2.24, 2.45) is 0 Å². The summed E-state index contributed by atoms with van der Waals surface area (Å²) in [6.07, 6.45) is 0. The molecular formula is C19H21N3O2S2. The van der Waals surface area contributed by atoms with Crippen molar-refractivity contribution in [3.05, 3.63) is 65.2 Å². The summed E-state index contributed by atoms with van der Waals surface area (Å²) in [4.78, 5) is 23.2. The van der Waals surface area contributed by atoms with Gasteiger partial charge in [-0.25, -0.2) is 0 Å². The molecular weight excluding hydrogens is 366 g/mol. The van der Waals surface area contributed by atoms with Crippen LogP contribution >= 0.6 is 24.0 Å². The highest BCUT2D eigenvalue weighted by atomic mass is 32.2. The van der Waals surface area contributed by atoms with Crippen molar-refractivity contribution in [3.63, 3.8) is 0 Å². The minimum Gasteiger partial charge on any atom is -0.331 e. The van der Waals surface area contributed by atoms with Crippen LogP contribution in [0.3, 0.4) is 0 Å². The maximum Gasteiger partial charge on any atom is 0.248 e. The van der Waals surface area contributed by atoms with Gasteiger partial charge in [0.25, 0.3) is 0 Å². The van der Waals surface area contributed by atoms with Gasteiger partial charge in [-0.3, -0.25) is 20.4 Å². The summed E-state index contributed by atoms with van der Waals surface area (Å²) >= 11 is 6.66.